The van der Waals surface area contributed by atoms with E-state index >= 15 is 0 Å². The third-order valence-corrected chi connectivity index (χ3v) is 20.6. The van der Waals surface area contributed by atoms with Gasteiger partial charge in [-0.05, 0) is 29.9 Å². The second kappa shape index (κ2) is 9.21. The van der Waals surface area contributed by atoms with Crippen molar-refractivity contribution in [1.29, 1.82) is 0 Å². The van der Waals surface area contributed by atoms with E-state index in [-0.39, 0.29) is 22.8 Å². The number of nitrogens with one attached hydrogen (secondary N) is 2. The monoisotopic (exact) mass is 552 g/mol. The topological polar surface area (TPSA) is 131 Å². The fourth-order valence-electron chi connectivity index (χ4n) is 3.47. The van der Waals surface area contributed by atoms with E-state index < -0.39 is 48.8 Å². The molecule has 4 heterocycles. The number of fused-ring (bicyclic) bond motifs is 1. The predicted molar refractivity (Wildman–Crippen MR) is 138 cm³/mol. The zero-order valence-corrected chi connectivity index (χ0v) is 23.4. The molecule has 0 radical (unpaired) electrons. The molecule has 4 atom stereocenters. The molecule has 3 N–H and O–H groups in total. The summed E-state index contributed by atoms with van der Waals surface area (Å²) in [5, 5.41) is 11.3. The van der Waals surface area contributed by atoms with Gasteiger partial charge in [-0.15, -0.1) is 0 Å². The minimum atomic E-state index is -2.28. The summed E-state index contributed by atoms with van der Waals surface area (Å²) in [6.45, 7) is 10.8. The summed E-state index contributed by atoms with van der Waals surface area (Å²) in [6, 6.07) is 0. The molecule has 4 rings (SSSR count). The Kier molecular flexibility index (Phi) is 7.16. The molecule has 2 fully saturated rings. The molecule has 33 heavy (non-hydrogen) atoms. The lowest BCUT2D eigenvalue weighted by Gasteiger charge is -2.40. The quantitative estimate of drug-likeness (QED) is 0.363. The Hall–Kier alpha value is -0.443. The van der Waals surface area contributed by atoms with Crippen molar-refractivity contribution >= 4 is 58.7 Å². The average molecular weight is 553 g/mol. The number of aromatic amines is 2. The van der Waals surface area contributed by atoms with Crippen LogP contribution in [0.2, 0.25) is 18.1 Å². The zero-order valence-electron chi connectivity index (χ0n) is 19.1. The maximum Gasteiger partial charge on any atom is 0.327 e. The second-order valence-electron chi connectivity index (χ2n) is 9.57. The molecule has 0 aromatic carbocycles. The first-order valence-corrected chi connectivity index (χ1v) is 19.4. The minimum Gasteiger partial charge on any atom is -0.408 e. The Bertz CT molecular complexity index is 1180. The first kappa shape index (κ1) is 25.6. The van der Waals surface area contributed by atoms with Crippen LogP contribution in [0, 0.1) is 0 Å². The van der Waals surface area contributed by atoms with E-state index in [4.69, 9.17) is 25.5 Å². The van der Waals surface area contributed by atoms with Crippen LogP contribution in [0.25, 0.3) is 11.2 Å². The Labute approximate surface area is 205 Å². The predicted octanol–water partition coefficient (Wildman–Crippen LogP) is 2.78. The van der Waals surface area contributed by atoms with Gasteiger partial charge in [-0.2, -0.15) is 0 Å². The summed E-state index contributed by atoms with van der Waals surface area (Å²) >= 11 is 9.06. The van der Waals surface area contributed by atoms with Crippen LogP contribution in [-0.2, 0) is 25.5 Å². The molecule has 1 unspecified atom stereocenters. The van der Waals surface area contributed by atoms with Gasteiger partial charge in [0.25, 0.3) is 5.56 Å². The highest BCUT2D eigenvalue weighted by Gasteiger charge is 2.51. The van der Waals surface area contributed by atoms with Gasteiger partial charge in [-0.3, -0.25) is 19.3 Å². The maximum atomic E-state index is 12.1. The van der Waals surface area contributed by atoms with Crippen LogP contribution in [0.4, 0.5) is 0 Å². The van der Waals surface area contributed by atoms with Crippen LogP contribution in [0.15, 0.2) is 15.9 Å². The standard InChI is InChI=1S/C18H29N4O6PS3Si/c1-18(2,3)33(4,5)28-13-10(8-26-29(30)31-6-7-32-29)27-16(12(13)23)22-9-19-11-14(22)20-17(25)21-15(11)24/h9-10,12-13,16,23H,6-8H2,1-5H3,(H2,20,21,24,25)/t10-,12-,13?,16-/m1/s1. The maximum absolute atomic E-state index is 12.1. The lowest BCUT2D eigenvalue weighted by molar-refractivity contribution is -0.0456. The van der Waals surface area contributed by atoms with Crippen LogP contribution < -0.4 is 11.2 Å². The molecule has 0 bridgehead atoms. The summed E-state index contributed by atoms with van der Waals surface area (Å²) in [5.74, 6) is 1.93. The van der Waals surface area contributed by atoms with Gasteiger partial charge in [0.15, 0.2) is 24.7 Å². The summed E-state index contributed by atoms with van der Waals surface area (Å²) < 4.78 is 18.4. The van der Waals surface area contributed by atoms with Crippen LogP contribution in [-0.4, -0.2) is 69.4 Å². The number of hydrogen-bond acceptors (Lipinski definition) is 10. The fraction of sp³-hybridized carbons (Fsp3) is 0.722. The van der Waals surface area contributed by atoms with E-state index in [0.29, 0.717) is 0 Å². The number of rotatable bonds is 6. The third-order valence-electron chi connectivity index (χ3n) is 6.27. The zero-order chi connectivity index (χ0) is 24.2. The molecular formula is C18H29N4O6PS3Si. The number of ether oxygens (including phenoxy) is 1. The first-order valence-electron chi connectivity index (χ1n) is 10.6. The van der Waals surface area contributed by atoms with Crippen molar-refractivity contribution in [1.82, 2.24) is 19.5 Å². The molecule has 0 amide bonds. The summed E-state index contributed by atoms with van der Waals surface area (Å²) in [4.78, 5) is 32.8. The van der Waals surface area contributed by atoms with E-state index in [1.807, 2.05) is 0 Å². The van der Waals surface area contributed by atoms with E-state index in [9.17, 15) is 14.7 Å². The lowest BCUT2D eigenvalue weighted by Crippen LogP contribution is -2.49. The fourth-order valence-corrected chi connectivity index (χ4v) is 13.6. The molecule has 2 aliphatic rings. The molecule has 2 aliphatic heterocycles. The number of H-pyrrole nitrogens is 2. The highest BCUT2D eigenvalue weighted by atomic mass is 33.2. The molecule has 15 heteroatoms. The summed E-state index contributed by atoms with van der Waals surface area (Å²) in [5.41, 5.74) is -1.04. The van der Waals surface area contributed by atoms with Gasteiger partial charge in [0.2, 0.25) is 0 Å². The number of imidazole rings is 1. The van der Waals surface area contributed by atoms with Crippen molar-refractivity contribution in [3.63, 3.8) is 0 Å². The third kappa shape index (κ3) is 5.10. The summed E-state index contributed by atoms with van der Waals surface area (Å²) in [6.07, 6.45) is -1.86. The van der Waals surface area contributed by atoms with E-state index in [1.54, 1.807) is 22.8 Å². The van der Waals surface area contributed by atoms with Gasteiger partial charge in [0.05, 0.1) is 12.9 Å². The van der Waals surface area contributed by atoms with Gasteiger partial charge < -0.3 is 18.8 Å². The number of aliphatic hydroxyl groups excluding tert-OH is 1. The highest BCUT2D eigenvalue weighted by molar-refractivity contribution is 9.00. The molecule has 2 saturated heterocycles. The molecule has 10 nitrogen and oxygen atoms in total. The average Bonchev–Trinajstić information content (AvgIpc) is 3.39. The smallest absolute Gasteiger partial charge is 0.327 e. The summed E-state index contributed by atoms with van der Waals surface area (Å²) in [7, 11) is -2.28. The van der Waals surface area contributed by atoms with Crippen LogP contribution in [0.3, 0.4) is 0 Å². The normalized spacial score (nSPS) is 28.1. The SMILES string of the molecule is CC(C)(C)[Si](C)(C)OC1[C@@H](O)[C@H](n2cnc3c(=O)[nH]c(=O)[nH]c32)O[C@@H]1COP1(=S)SCCS1. The van der Waals surface area contributed by atoms with Gasteiger partial charge in [0.1, 0.15) is 24.0 Å². The van der Waals surface area contributed by atoms with Crippen molar-refractivity contribution in [2.24, 2.45) is 0 Å². The van der Waals surface area contributed by atoms with Crippen molar-refractivity contribution in [3.05, 3.63) is 27.2 Å². The molecule has 2 aromatic heterocycles. The van der Waals surface area contributed by atoms with Crippen molar-refractivity contribution in [3.8, 4) is 0 Å². The van der Waals surface area contributed by atoms with Gasteiger partial charge in [0, 0.05) is 11.5 Å². The van der Waals surface area contributed by atoms with Crippen LogP contribution in [0.1, 0.15) is 27.0 Å². The number of aliphatic hydroxyl groups is 1. The number of nitrogens with zero attached hydrogens (tertiary/aromatic N) is 2. The highest BCUT2D eigenvalue weighted by Crippen LogP contribution is 2.74. The first-order chi connectivity index (χ1) is 15.3. The van der Waals surface area contributed by atoms with Crippen LogP contribution in [0.5, 0.6) is 0 Å². The number of hydrogen-bond donors (Lipinski definition) is 3. The Morgan fingerprint density at radius 3 is 2.64 bits per heavy atom. The van der Waals surface area contributed by atoms with Gasteiger partial charge in [-0.1, -0.05) is 43.5 Å². The van der Waals surface area contributed by atoms with Gasteiger partial charge >= 0.3 is 5.69 Å². The van der Waals surface area contributed by atoms with Crippen LogP contribution >= 0.6 is 27.4 Å². The van der Waals surface area contributed by atoms with Gasteiger partial charge in [-0.25, -0.2) is 9.78 Å². The Morgan fingerprint density at radius 1 is 1.33 bits per heavy atom. The van der Waals surface area contributed by atoms with E-state index in [2.05, 4.69) is 48.8 Å². The van der Waals surface area contributed by atoms with Crippen molar-refractivity contribution in [2.45, 2.75) is 63.4 Å². The molecule has 0 saturated carbocycles. The lowest BCUT2D eigenvalue weighted by atomic mass is 10.1. The van der Waals surface area contributed by atoms with E-state index in [0.717, 1.165) is 11.5 Å². The molecule has 184 valence electrons. The minimum absolute atomic E-state index is 0.0566. The Balaban J connectivity index is 1.66. The Morgan fingerprint density at radius 2 is 2.00 bits per heavy atom. The molecule has 0 spiro atoms. The number of aromatic nitrogens is 4. The van der Waals surface area contributed by atoms with Crippen molar-refractivity contribution in [2.75, 3.05) is 18.1 Å². The second-order valence-corrected chi connectivity index (χ2v) is 25.1. The molecule has 0 aliphatic carbocycles. The largest absolute Gasteiger partial charge is 0.408 e. The molecular weight excluding hydrogens is 523 g/mol. The van der Waals surface area contributed by atoms with E-state index in [1.165, 1.54) is 10.9 Å². The molecule has 2 aromatic rings. The van der Waals surface area contributed by atoms with Crippen molar-refractivity contribution < 1.29 is 18.8 Å².